The van der Waals surface area contributed by atoms with Crippen LogP contribution in [0.4, 0.5) is 11.4 Å². The van der Waals surface area contributed by atoms with Crippen LogP contribution in [0.5, 0.6) is 0 Å². The number of nitrogens with one attached hydrogen (secondary N) is 1. The first-order valence-corrected chi connectivity index (χ1v) is 13.5. The zero-order valence-corrected chi connectivity index (χ0v) is 21.1. The molecule has 0 bridgehead atoms. The maximum Gasteiger partial charge on any atom is 0.0541 e. The minimum absolute atomic E-state index is 0.173. The molecule has 1 spiro atoms. The minimum Gasteiger partial charge on any atom is -0.356 e. The Bertz CT molecular complexity index is 1710. The molecule has 0 aromatic heterocycles. The molecule has 1 heteroatoms. The van der Waals surface area contributed by atoms with E-state index in [2.05, 4.69) is 145 Å². The second kappa shape index (κ2) is 8.19. The molecule has 1 nitrogen and oxygen atoms in total. The van der Waals surface area contributed by atoms with E-state index in [-0.39, 0.29) is 5.41 Å². The van der Waals surface area contributed by atoms with Crippen molar-refractivity contribution in [2.24, 2.45) is 5.92 Å². The standard InChI is InChI=1S/C37H27N/c1-2-10-25(11-3-1)26-18-20-27(21-19-26)38-28-22-23-32-31-14-6-9-17-35(31)37(36(32)24-28)33-15-7-4-12-29(33)30-13-5-8-16-34(30)37/h1-16,18-24,35,38H,17H2. The van der Waals surface area contributed by atoms with E-state index in [9.17, 15) is 0 Å². The SMILES string of the molecule is C1=CCC2C(=C1)c1ccc(Nc3ccc(-c4ccccc4)cc3)cc1C21c2ccccc2-c2ccccc21. The van der Waals surface area contributed by atoms with E-state index < -0.39 is 0 Å². The van der Waals surface area contributed by atoms with Crippen molar-refractivity contribution in [3.05, 3.63) is 162 Å². The van der Waals surface area contributed by atoms with Gasteiger partial charge in [0.15, 0.2) is 0 Å². The number of rotatable bonds is 3. The lowest BCUT2D eigenvalue weighted by atomic mass is 9.65. The molecule has 8 rings (SSSR count). The van der Waals surface area contributed by atoms with E-state index in [0.717, 1.165) is 17.8 Å². The fourth-order valence-corrected chi connectivity index (χ4v) is 7.18. The zero-order chi connectivity index (χ0) is 25.1. The highest BCUT2D eigenvalue weighted by molar-refractivity contribution is 5.93. The van der Waals surface area contributed by atoms with Gasteiger partial charge in [0.25, 0.3) is 0 Å². The van der Waals surface area contributed by atoms with E-state index >= 15 is 0 Å². The Kier molecular flexibility index (Phi) is 4.63. The Morgan fingerprint density at radius 2 is 1.18 bits per heavy atom. The van der Waals surface area contributed by atoms with Gasteiger partial charge in [-0.2, -0.15) is 0 Å². The van der Waals surface area contributed by atoms with Crippen LogP contribution >= 0.6 is 0 Å². The van der Waals surface area contributed by atoms with Crippen molar-refractivity contribution in [3.63, 3.8) is 0 Å². The van der Waals surface area contributed by atoms with Gasteiger partial charge in [-0.3, -0.25) is 0 Å². The van der Waals surface area contributed by atoms with E-state index in [0.29, 0.717) is 5.92 Å². The van der Waals surface area contributed by atoms with Crippen LogP contribution in [0.2, 0.25) is 0 Å². The highest BCUT2D eigenvalue weighted by Gasteiger charge is 2.55. The van der Waals surface area contributed by atoms with Crippen molar-refractivity contribution in [2.75, 3.05) is 5.32 Å². The lowest BCUT2D eigenvalue weighted by Gasteiger charge is -2.36. The van der Waals surface area contributed by atoms with Crippen LogP contribution in [-0.4, -0.2) is 0 Å². The smallest absolute Gasteiger partial charge is 0.0541 e. The van der Waals surface area contributed by atoms with E-state index in [4.69, 9.17) is 0 Å². The van der Waals surface area contributed by atoms with Gasteiger partial charge in [-0.15, -0.1) is 0 Å². The molecule has 1 atom stereocenters. The first-order valence-electron chi connectivity index (χ1n) is 13.5. The molecule has 180 valence electrons. The summed E-state index contributed by atoms with van der Waals surface area (Å²) >= 11 is 0. The lowest BCUT2D eigenvalue weighted by molar-refractivity contribution is 0.495. The van der Waals surface area contributed by atoms with Crippen molar-refractivity contribution in [1.82, 2.24) is 0 Å². The monoisotopic (exact) mass is 485 g/mol. The Morgan fingerprint density at radius 3 is 1.92 bits per heavy atom. The van der Waals surface area contributed by atoms with E-state index in [1.165, 1.54) is 50.1 Å². The van der Waals surface area contributed by atoms with E-state index in [1.54, 1.807) is 0 Å². The van der Waals surface area contributed by atoms with Gasteiger partial charge in [0.2, 0.25) is 0 Å². The minimum atomic E-state index is -0.173. The summed E-state index contributed by atoms with van der Waals surface area (Å²) in [7, 11) is 0. The van der Waals surface area contributed by atoms with Gasteiger partial charge in [-0.1, -0.05) is 115 Å². The average Bonchev–Trinajstić information content (AvgIpc) is 3.45. The van der Waals surface area contributed by atoms with Gasteiger partial charge in [-0.25, -0.2) is 0 Å². The quantitative estimate of drug-likeness (QED) is 0.268. The highest BCUT2D eigenvalue weighted by atomic mass is 14.9. The van der Waals surface area contributed by atoms with Crippen LogP contribution in [-0.2, 0) is 5.41 Å². The molecule has 0 radical (unpaired) electrons. The van der Waals surface area contributed by atoms with Crippen molar-refractivity contribution < 1.29 is 0 Å². The molecular weight excluding hydrogens is 458 g/mol. The first kappa shape index (κ1) is 21.5. The molecule has 0 aliphatic heterocycles. The van der Waals surface area contributed by atoms with Crippen molar-refractivity contribution in [1.29, 1.82) is 0 Å². The summed E-state index contributed by atoms with van der Waals surface area (Å²) in [6.45, 7) is 0. The molecule has 38 heavy (non-hydrogen) atoms. The summed E-state index contributed by atoms with van der Waals surface area (Å²) < 4.78 is 0. The molecule has 0 saturated carbocycles. The van der Waals surface area contributed by atoms with Gasteiger partial charge in [0.1, 0.15) is 0 Å². The number of benzene rings is 5. The summed E-state index contributed by atoms with van der Waals surface area (Å²) in [6.07, 6.45) is 7.98. The lowest BCUT2D eigenvalue weighted by Crippen LogP contribution is -2.32. The Hall–Kier alpha value is -4.62. The molecule has 5 aromatic rings. The Labute approximate surface area is 223 Å². The fourth-order valence-electron chi connectivity index (χ4n) is 7.18. The number of fused-ring (bicyclic) bond motifs is 10. The summed E-state index contributed by atoms with van der Waals surface area (Å²) in [5.74, 6) is 0.396. The number of allylic oxidation sites excluding steroid dienone is 4. The molecule has 1 N–H and O–H groups in total. The highest BCUT2D eigenvalue weighted by Crippen LogP contribution is 2.65. The third-order valence-electron chi connectivity index (χ3n) is 8.71. The van der Waals surface area contributed by atoms with Crippen LogP contribution in [0.25, 0.3) is 27.8 Å². The van der Waals surface area contributed by atoms with Gasteiger partial charge in [0.05, 0.1) is 5.41 Å². The maximum absolute atomic E-state index is 3.71. The van der Waals surface area contributed by atoms with Crippen molar-refractivity contribution in [2.45, 2.75) is 11.8 Å². The number of hydrogen-bond acceptors (Lipinski definition) is 1. The van der Waals surface area contributed by atoms with Gasteiger partial charge in [-0.05, 0) is 80.8 Å². The molecule has 3 aliphatic rings. The predicted octanol–water partition coefficient (Wildman–Crippen LogP) is 9.39. The van der Waals surface area contributed by atoms with Gasteiger partial charge in [0, 0.05) is 17.3 Å². The van der Waals surface area contributed by atoms with E-state index in [1.807, 2.05) is 0 Å². The molecule has 0 heterocycles. The van der Waals surface area contributed by atoms with Gasteiger partial charge < -0.3 is 5.32 Å². The van der Waals surface area contributed by atoms with Crippen molar-refractivity contribution >= 4 is 16.9 Å². The van der Waals surface area contributed by atoms with Crippen LogP contribution in [0.3, 0.4) is 0 Å². The molecule has 1 unspecified atom stereocenters. The molecule has 3 aliphatic carbocycles. The third kappa shape index (κ3) is 2.93. The predicted molar refractivity (Wildman–Crippen MR) is 159 cm³/mol. The second-order valence-electron chi connectivity index (χ2n) is 10.6. The van der Waals surface area contributed by atoms with Gasteiger partial charge >= 0.3 is 0 Å². The third-order valence-corrected chi connectivity index (χ3v) is 8.71. The number of anilines is 2. The van der Waals surface area contributed by atoms with Crippen LogP contribution in [0, 0.1) is 5.92 Å². The van der Waals surface area contributed by atoms with Crippen LogP contribution in [0.1, 0.15) is 28.7 Å². The first-order chi connectivity index (χ1) is 18.8. The van der Waals surface area contributed by atoms with Crippen molar-refractivity contribution in [3.8, 4) is 22.3 Å². The molecular formula is C37H27N. The van der Waals surface area contributed by atoms with Crippen LogP contribution < -0.4 is 5.32 Å². The number of hydrogen-bond donors (Lipinski definition) is 1. The maximum atomic E-state index is 3.71. The molecule has 0 amide bonds. The molecule has 0 saturated heterocycles. The summed E-state index contributed by atoms with van der Waals surface area (Å²) in [6, 6.07) is 44.4. The average molecular weight is 486 g/mol. The normalized spacial score (nSPS) is 17.4. The molecule has 5 aromatic carbocycles. The fraction of sp³-hybridized carbons (Fsp3) is 0.0811. The Balaban J connectivity index is 1.27. The molecule has 0 fully saturated rings. The summed E-state index contributed by atoms with van der Waals surface area (Å²) in [5.41, 5.74) is 14.4. The largest absolute Gasteiger partial charge is 0.356 e. The Morgan fingerprint density at radius 1 is 0.553 bits per heavy atom. The summed E-state index contributed by atoms with van der Waals surface area (Å²) in [5, 5.41) is 3.71. The summed E-state index contributed by atoms with van der Waals surface area (Å²) in [4.78, 5) is 0. The topological polar surface area (TPSA) is 12.0 Å². The zero-order valence-electron chi connectivity index (χ0n) is 21.1. The second-order valence-corrected chi connectivity index (χ2v) is 10.6. The van der Waals surface area contributed by atoms with Crippen LogP contribution in [0.15, 0.2) is 140 Å².